The molecule has 0 aliphatic heterocycles. The van der Waals surface area contributed by atoms with E-state index >= 15 is 0 Å². The van der Waals surface area contributed by atoms with Crippen LogP contribution in [0.3, 0.4) is 0 Å². The lowest BCUT2D eigenvalue weighted by Crippen LogP contribution is -1.97. The Morgan fingerprint density at radius 1 is 0.870 bits per heavy atom. The van der Waals surface area contributed by atoms with E-state index < -0.39 is 0 Å². The zero-order chi connectivity index (χ0) is 16.1. The molecule has 0 aliphatic rings. The van der Waals surface area contributed by atoms with Crippen LogP contribution in [0.5, 0.6) is 0 Å². The first-order chi connectivity index (χ1) is 11.3. The van der Waals surface area contributed by atoms with Crippen molar-refractivity contribution in [1.82, 2.24) is 4.98 Å². The molecular formula is C21H26N2. The molecule has 0 fully saturated rings. The average Bonchev–Trinajstić information content (AvgIpc) is 2.58. The van der Waals surface area contributed by atoms with Crippen molar-refractivity contribution >= 4 is 27.5 Å². The minimum absolute atomic E-state index is 0.911. The molecule has 1 aromatic heterocycles. The van der Waals surface area contributed by atoms with E-state index in [1.807, 2.05) is 12.1 Å². The first-order valence-electron chi connectivity index (χ1n) is 8.86. The number of rotatable bonds is 7. The van der Waals surface area contributed by atoms with Gasteiger partial charge in [-0.1, -0.05) is 63.3 Å². The van der Waals surface area contributed by atoms with Crippen LogP contribution in [0.2, 0.25) is 0 Å². The average molecular weight is 306 g/mol. The van der Waals surface area contributed by atoms with Gasteiger partial charge < -0.3 is 5.73 Å². The van der Waals surface area contributed by atoms with Gasteiger partial charge in [-0.15, -0.1) is 0 Å². The third kappa shape index (κ3) is 3.64. The molecule has 0 atom stereocenters. The molecule has 2 heteroatoms. The van der Waals surface area contributed by atoms with Gasteiger partial charge in [-0.25, -0.2) is 4.98 Å². The number of para-hydroxylation sites is 1. The van der Waals surface area contributed by atoms with Gasteiger partial charge in [-0.3, -0.25) is 0 Å². The summed E-state index contributed by atoms with van der Waals surface area (Å²) in [5.74, 6) is 0. The summed E-state index contributed by atoms with van der Waals surface area (Å²) in [6.45, 7) is 2.26. The molecule has 0 unspecified atom stereocenters. The molecule has 1 heterocycles. The summed E-state index contributed by atoms with van der Waals surface area (Å²) < 4.78 is 0. The van der Waals surface area contributed by atoms with Crippen molar-refractivity contribution < 1.29 is 0 Å². The maximum absolute atomic E-state index is 6.43. The highest BCUT2D eigenvalue weighted by molar-refractivity contribution is 5.99. The van der Waals surface area contributed by atoms with E-state index in [0.29, 0.717) is 0 Å². The Labute approximate surface area is 138 Å². The van der Waals surface area contributed by atoms with Crippen LogP contribution in [0.4, 0.5) is 5.69 Å². The number of benzene rings is 2. The van der Waals surface area contributed by atoms with Gasteiger partial charge in [0.1, 0.15) is 0 Å². The normalized spacial score (nSPS) is 11.3. The Hall–Kier alpha value is -2.09. The molecule has 0 saturated carbocycles. The standard InChI is InChI=1S/C21H26N2/c1-2-3-4-5-6-7-10-16-13-14-20-18(21(16)22)15-17-11-8-9-12-19(17)23-20/h8-9,11-15H,2-7,10,22H2,1H3. The number of unbranched alkanes of at least 4 members (excludes halogenated alkanes) is 5. The molecule has 0 amide bonds. The number of fused-ring (bicyclic) bond motifs is 2. The van der Waals surface area contributed by atoms with E-state index in [2.05, 4.69) is 37.3 Å². The third-order valence-corrected chi connectivity index (χ3v) is 4.63. The summed E-state index contributed by atoms with van der Waals surface area (Å²) in [4.78, 5) is 4.73. The second-order valence-electron chi connectivity index (χ2n) is 6.40. The number of hydrogen-bond donors (Lipinski definition) is 1. The van der Waals surface area contributed by atoms with Crippen LogP contribution >= 0.6 is 0 Å². The van der Waals surface area contributed by atoms with Crippen molar-refractivity contribution in [2.24, 2.45) is 0 Å². The maximum atomic E-state index is 6.43. The van der Waals surface area contributed by atoms with Crippen LogP contribution in [-0.4, -0.2) is 4.98 Å². The molecule has 2 nitrogen and oxygen atoms in total. The fraction of sp³-hybridized carbons (Fsp3) is 0.381. The van der Waals surface area contributed by atoms with E-state index in [1.54, 1.807) is 0 Å². The Bertz CT molecular complexity index is 792. The molecule has 0 bridgehead atoms. The quantitative estimate of drug-likeness (QED) is 0.336. The second kappa shape index (κ2) is 7.45. The van der Waals surface area contributed by atoms with Crippen molar-refractivity contribution in [3.63, 3.8) is 0 Å². The van der Waals surface area contributed by atoms with Crippen molar-refractivity contribution in [1.29, 1.82) is 0 Å². The zero-order valence-electron chi connectivity index (χ0n) is 14.0. The minimum atomic E-state index is 0.911. The topological polar surface area (TPSA) is 38.9 Å². The molecular weight excluding hydrogens is 280 g/mol. The van der Waals surface area contributed by atoms with E-state index in [9.17, 15) is 0 Å². The Morgan fingerprint density at radius 3 is 2.52 bits per heavy atom. The highest BCUT2D eigenvalue weighted by Gasteiger charge is 2.07. The van der Waals surface area contributed by atoms with Gasteiger partial charge >= 0.3 is 0 Å². The Morgan fingerprint density at radius 2 is 1.65 bits per heavy atom. The molecule has 0 aliphatic carbocycles. The van der Waals surface area contributed by atoms with Crippen LogP contribution in [0, 0.1) is 0 Å². The van der Waals surface area contributed by atoms with Gasteiger partial charge in [0.25, 0.3) is 0 Å². The highest BCUT2D eigenvalue weighted by Crippen LogP contribution is 2.28. The minimum Gasteiger partial charge on any atom is -0.398 e. The first-order valence-corrected chi connectivity index (χ1v) is 8.86. The summed E-state index contributed by atoms with van der Waals surface area (Å²) in [6.07, 6.45) is 8.96. The highest BCUT2D eigenvalue weighted by atomic mass is 14.7. The summed E-state index contributed by atoms with van der Waals surface area (Å²) in [5.41, 5.74) is 10.6. The van der Waals surface area contributed by atoms with Crippen molar-refractivity contribution in [3.8, 4) is 0 Å². The predicted octanol–water partition coefficient (Wildman–Crippen LogP) is 5.87. The summed E-state index contributed by atoms with van der Waals surface area (Å²) in [5, 5.41) is 2.25. The van der Waals surface area contributed by atoms with Gasteiger partial charge in [-0.2, -0.15) is 0 Å². The number of anilines is 1. The van der Waals surface area contributed by atoms with Crippen molar-refractivity contribution in [2.75, 3.05) is 5.73 Å². The number of aromatic nitrogens is 1. The number of nitrogens with zero attached hydrogens (tertiary/aromatic N) is 1. The smallest absolute Gasteiger partial charge is 0.0730 e. The monoisotopic (exact) mass is 306 g/mol. The van der Waals surface area contributed by atoms with Gasteiger partial charge in [0.05, 0.1) is 11.0 Å². The summed E-state index contributed by atoms with van der Waals surface area (Å²) >= 11 is 0. The lowest BCUT2D eigenvalue weighted by molar-refractivity contribution is 0.608. The molecule has 0 radical (unpaired) electrons. The SMILES string of the molecule is CCCCCCCCc1ccc2nc3ccccc3cc2c1N. The van der Waals surface area contributed by atoms with Crippen LogP contribution in [0.25, 0.3) is 21.8 Å². The number of aryl methyl sites for hydroxylation is 1. The maximum Gasteiger partial charge on any atom is 0.0730 e. The first kappa shape index (κ1) is 15.8. The van der Waals surface area contributed by atoms with Crippen LogP contribution in [0.1, 0.15) is 51.0 Å². The fourth-order valence-corrected chi connectivity index (χ4v) is 3.23. The Balaban J connectivity index is 1.77. The van der Waals surface area contributed by atoms with E-state index in [4.69, 9.17) is 10.7 Å². The predicted molar refractivity (Wildman–Crippen MR) is 101 cm³/mol. The van der Waals surface area contributed by atoms with Crippen LogP contribution < -0.4 is 5.73 Å². The molecule has 3 rings (SSSR count). The summed E-state index contributed by atoms with van der Waals surface area (Å²) in [6, 6.07) is 14.7. The lowest BCUT2D eigenvalue weighted by Gasteiger charge is -2.10. The largest absolute Gasteiger partial charge is 0.398 e. The number of nitrogens with two attached hydrogens (primary N) is 1. The van der Waals surface area contributed by atoms with Crippen molar-refractivity contribution in [3.05, 3.63) is 48.0 Å². The van der Waals surface area contributed by atoms with Crippen LogP contribution in [0.15, 0.2) is 42.5 Å². The van der Waals surface area contributed by atoms with E-state index in [-0.39, 0.29) is 0 Å². The van der Waals surface area contributed by atoms with Gasteiger partial charge in [0.2, 0.25) is 0 Å². The molecule has 120 valence electrons. The Kier molecular flexibility index (Phi) is 5.12. The second-order valence-corrected chi connectivity index (χ2v) is 6.40. The number of hydrogen-bond acceptors (Lipinski definition) is 2. The van der Waals surface area contributed by atoms with Crippen molar-refractivity contribution in [2.45, 2.75) is 51.9 Å². The van der Waals surface area contributed by atoms with Crippen LogP contribution in [-0.2, 0) is 6.42 Å². The van der Waals surface area contributed by atoms with Gasteiger partial charge in [-0.05, 0) is 36.6 Å². The molecule has 3 aromatic rings. The zero-order valence-corrected chi connectivity index (χ0v) is 14.0. The molecule has 2 N–H and O–H groups in total. The number of pyridine rings is 1. The lowest BCUT2D eigenvalue weighted by atomic mass is 10.0. The van der Waals surface area contributed by atoms with Gasteiger partial charge in [0, 0.05) is 16.5 Å². The fourth-order valence-electron chi connectivity index (χ4n) is 3.23. The molecule has 0 spiro atoms. The summed E-state index contributed by atoms with van der Waals surface area (Å²) in [7, 11) is 0. The molecule has 23 heavy (non-hydrogen) atoms. The van der Waals surface area contributed by atoms with E-state index in [1.165, 1.54) is 44.1 Å². The van der Waals surface area contributed by atoms with E-state index in [0.717, 1.165) is 33.9 Å². The van der Waals surface area contributed by atoms with Gasteiger partial charge in [0.15, 0.2) is 0 Å². The third-order valence-electron chi connectivity index (χ3n) is 4.63. The molecule has 0 saturated heterocycles. The molecule has 2 aromatic carbocycles. The number of nitrogen functional groups attached to an aromatic ring is 1.